The highest BCUT2D eigenvalue weighted by atomic mass is 28.2. The molecule has 0 amide bonds. The molecule has 0 atom stereocenters. The van der Waals surface area contributed by atoms with Gasteiger partial charge in [0.25, 0.3) is 0 Å². The molecule has 1 rings (SSSR count). The summed E-state index contributed by atoms with van der Waals surface area (Å²) >= 11 is 0. The van der Waals surface area contributed by atoms with Crippen molar-refractivity contribution in [2.75, 3.05) is 0 Å². The van der Waals surface area contributed by atoms with Crippen molar-refractivity contribution in [2.45, 2.75) is 6.42 Å². The Hall–Kier alpha value is -0.433. The topological polar surface area (TPSA) is 0 Å². The van der Waals surface area contributed by atoms with Crippen molar-refractivity contribution in [3.63, 3.8) is 0 Å². The summed E-state index contributed by atoms with van der Waals surface area (Å²) in [4.78, 5) is 0. The number of allylic oxidation sites excluding steroid dienone is 4. The first kappa shape index (κ1) is 4.72. The molecule has 0 heterocycles. The molecule has 0 spiro atoms. The highest BCUT2D eigenvalue weighted by Gasteiger charge is 1.88. The number of rotatable bonds is 1. The van der Waals surface area contributed by atoms with Crippen LogP contribution in [0.1, 0.15) is 6.42 Å². The molecule has 0 saturated carbocycles. The average molecular weight is 107 g/mol. The minimum Gasteiger partial charge on any atom is -0.117 e. The molecular weight excluding hydrogens is 100 g/mol. The molecule has 0 aliphatic heterocycles. The van der Waals surface area contributed by atoms with Crippen molar-refractivity contribution in [2.24, 2.45) is 0 Å². The van der Waals surface area contributed by atoms with Gasteiger partial charge in [0.2, 0.25) is 0 Å². The monoisotopic (exact) mass is 107 g/mol. The van der Waals surface area contributed by atoms with E-state index >= 15 is 0 Å². The molecule has 0 unspecified atom stereocenters. The Kier molecular flexibility index (Phi) is 1.37. The third-order valence-electron chi connectivity index (χ3n) is 0.941. The summed E-state index contributed by atoms with van der Waals surface area (Å²) in [7, 11) is 0.270. The van der Waals surface area contributed by atoms with Gasteiger partial charge in [-0.05, 0) is 17.7 Å². The van der Waals surface area contributed by atoms with E-state index < -0.39 is 0 Å². The Morgan fingerprint density at radius 3 is 3.00 bits per heavy atom. The summed E-state index contributed by atoms with van der Waals surface area (Å²) in [6, 6.07) is 0. The highest BCUT2D eigenvalue weighted by molar-refractivity contribution is 6.50. The Bertz CT molecular complexity index is 131. The molecule has 0 aromatic heterocycles. The maximum atomic E-state index is 3.80. The quantitative estimate of drug-likeness (QED) is 0.428. The average Bonchev–Trinajstić information content (AvgIpc) is 2.14. The van der Waals surface area contributed by atoms with Gasteiger partial charge in [-0.25, -0.2) is 0 Å². The normalized spacial score (nSPS) is 16.9. The first-order valence-electron chi connectivity index (χ1n) is 2.33. The van der Waals surface area contributed by atoms with Gasteiger partial charge in [-0.3, -0.25) is 0 Å². The van der Waals surface area contributed by atoms with Gasteiger partial charge in [-0.2, -0.15) is 0 Å². The summed E-state index contributed by atoms with van der Waals surface area (Å²) in [6.07, 6.45) is 12.2. The Morgan fingerprint density at radius 1 is 1.86 bits per heavy atom. The standard InChI is InChI=1S/C6H7Si/c1-7-6-4-2-3-5-6/h2,4,7H,1,3H2. The van der Waals surface area contributed by atoms with Crippen LogP contribution in [0.2, 0.25) is 0 Å². The minimum absolute atomic E-state index is 0.270. The van der Waals surface area contributed by atoms with Crippen LogP contribution in [-0.4, -0.2) is 15.3 Å². The van der Waals surface area contributed by atoms with Crippen molar-refractivity contribution >= 4 is 15.3 Å². The van der Waals surface area contributed by atoms with E-state index in [1.165, 1.54) is 5.20 Å². The summed E-state index contributed by atoms with van der Waals surface area (Å²) in [5, 5.41) is 1.33. The summed E-state index contributed by atoms with van der Waals surface area (Å²) < 4.78 is 0. The van der Waals surface area contributed by atoms with Gasteiger partial charge < -0.3 is 0 Å². The maximum Gasteiger partial charge on any atom is 0.0221 e. The molecule has 1 aliphatic rings. The molecule has 1 radical (unpaired) electrons. The fourth-order valence-corrected chi connectivity index (χ4v) is 1.10. The van der Waals surface area contributed by atoms with Crippen LogP contribution in [0.25, 0.3) is 0 Å². The molecule has 7 heavy (non-hydrogen) atoms. The molecule has 0 bridgehead atoms. The SMILES string of the molecule is C=[SiH]C1=[C]CC=C1. The lowest BCUT2D eigenvalue weighted by Crippen LogP contribution is -1.74. The lowest BCUT2D eigenvalue weighted by atomic mass is 10.5. The molecule has 0 nitrogen and oxygen atoms in total. The third kappa shape index (κ3) is 0.965. The van der Waals surface area contributed by atoms with Gasteiger partial charge in [0.1, 0.15) is 0 Å². The van der Waals surface area contributed by atoms with Crippen molar-refractivity contribution in [3.8, 4) is 0 Å². The van der Waals surface area contributed by atoms with Crippen LogP contribution in [-0.2, 0) is 0 Å². The largest absolute Gasteiger partial charge is 0.117 e. The lowest BCUT2D eigenvalue weighted by molar-refractivity contribution is 1.39. The first-order valence-corrected chi connectivity index (χ1v) is 3.72. The summed E-state index contributed by atoms with van der Waals surface area (Å²) in [5.41, 5.74) is 0. The van der Waals surface area contributed by atoms with Crippen LogP contribution in [0, 0.1) is 6.08 Å². The van der Waals surface area contributed by atoms with Gasteiger partial charge in [-0.15, -0.1) is 6.17 Å². The molecule has 1 heteroatoms. The van der Waals surface area contributed by atoms with E-state index in [-0.39, 0.29) is 9.13 Å². The van der Waals surface area contributed by atoms with Crippen LogP contribution >= 0.6 is 0 Å². The van der Waals surface area contributed by atoms with Crippen LogP contribution in [0.4, 0.5) is 0 Å². The Labute approximate surface area is 46.0 Å². The van der Waals surface area contributed by atoms with Gasteiger partial charge in [0, 0.05) is 9.13 Å². The van der Waals surface area contributed by atoms with E-state index in [4.69, 9.17) is 0 Å². The van der Waals surface area contributed by atoms with Gasteiger partial charge in [-0.1, -0.05) is 12.2 Å². The van der Waals surface area contributed by atoms with Gasteiger partial charge in [0.05, 0.1) is 0 Å². The lowest BCUT2D eigenvalue weighted by Gasteiger charge is -1.76. The van der Waals surface area contributed by atoms with Gasteiger partial charge >= 0.3 is 0 Å². The zero-order valence-electron chi connectivity index (χ0n) is 4.15. The Balaban J connectivity index is 2.69. The zero-order chi connectivity index (χ0) is 5.11. The first-order chi connectivity index (χ1) is 3.43. The third-order valence-corrected chi connectivity index (χ3v) is 1.78. The van der Waals surface area contributed by atoms with Crippen LogP contribution in [0.3, 0.4) is 0 Å². The molecule has 0 saturated heterocycles. The van der Waals surface area contributed by atoms with Crippen molar-refractivity contribution < 1.29 is 0 Å². The second-order valence-corrected chi connectivity index (χ2v) is 2.47. The molecule has 0 aromatic carbocycles. The fraction of sp³-hybridized carbons (Fsp3) is 0.167. The van der Waals surface area contributed by atoms with E-state index in [0.29, 0.717) is 0 Å². The molecule has 0 fully saturated rings. The van der Waals surface area contributed by atoms with E-state index in [1.807, 2.05) is 0 Å². The van der Waals surface area contributed by atoms with Crippen molar-refractivity contribution in [1.82, 2.24) is 0 Å². The predicted octanol–water partition coefficient (Wildman–Crippen LogP) is 0.502. The minimum atomic E-state index is 0.270. The smallest absolute Gasteiger partial charge is 0.0221 e. The van der Waals surface area contributed by atoms with Crippen molar-refractivity contribution in [1.29, 1.82) is 0 Å². The fourth-order valence-electron chi connectivity index (χ4n) is 0.562. The van der Waals surface area contributed by atoms with Crippen molar-refractivity contribution in [3.05, 3.63) is 23.4 Å². The summed E-state index contributed by atoms with van der Waals surface area (Å²) in [5.74, 6) is 0. The molecule has 0 aromatic rings. The molecule has 1 aliphatic carbocycles. The van der Waals surface area contributed by atoms with E-state index in [9.17, 15) is 0 Å². The number of hydrogen-bond donors (Lipinski definition) is 0. The van der Waals surface area contributed by atoms with E-state index in [2.05, 4.69) is 24.4 Å². The molecule has 0 N–H and O–H groups in total. The number of hydrogen-bond acceptors (Lipinski definition) is 0. The van der Waals surface area contributed by atoms with Crippen LogP contribution < -0.4 is 0 Å². The predicted molar refractivity (Wildman–Crippen MR) is 34.8 cm³/mol. The zero-order valence-corrected chi connectivity index (χ0v) is 5.30. The van der Waals surface area contributed by atoms with Crippen LogP contribution in [0.5, 0.6) is 0 Å². The highest BCUT2D eigenvalue weighted by Crippen LogP contribution is 2.02. The van der Waals surface area contributed by atoms with E-state index in [0.717, 1.165) is 6.42 Å². The second-order valence-electron chi connectivity index (χ2n) is 1.44. The van der Waals surface area contributed by atoms with E-state index in [1.54, 1.807) is 0 Å². The summed E-state index contributed by atoms with van der Waals surface area (Å²) in [6.45, 7) is 0. The van der Waals surface area contributed by atoms with Gasteiger partial charge in [0.15, 0.2) is 0 Å². The van der Waals surface area contributed by atoms with Crippen LogP contribution in [0.15, 0.2) is 17.3 Å². The molecule has 35 valence electrons. The maximum absolute atomic E-state index is 3.80. The second kappa shape index (κ2) is 2.03. The molecular formula is C6H7Si. The Morgan fingerprint density at radius 2 is 2.71 bits per heavy atom.